The average molecular weight is 661 g/mol. The van der Waals surface area contributed by atoms with Crippen LogP contribution in [0.3, 0.4) is 0 Å². The molecule has 0 fully saturated rings. The smallest absolute Gasteiger partial charge is 0.131 e. The zero-order chi connectivity index (χ0) is 33.0. The van der Waals surface area contributed by atoms with E-state index in [4.69, 9.17) is 4.99 Å². The Bertz CT molecular complexity index is 2720. The van der Waals surface area contributed by atoms with Crippen molar-refractivity contribution in [1.29, 1.82) is 0 Å². The van der Waals surface area contributed by atoms with Gasteiger partial charge in [0.15, 0.2) is 0 Å². The molecule has 2 N–H and O–H groups in total. The summed E-state index contributed by atoms with van der Waals surface area (Å²) in [4.78, 5) is 5.22. The van der Waals surface area contributed by atoms with Crippen LogP contribution in [-0.2, 0) is 0 Å². The number of para-hydroxylation sites is 1. The molecule has 2 atom stereocenters. The second-order valence-corrected chi connectivity index (χ2v) is 13.9. The Kier molecular flexibility index (Phi) is 6.86. The highest BCUT2D eigenvalue weighted by Gasteiger charge is 2.26. The van der Waals surface area contributed by atoms with Crippen LogP contribution < -0.4 is 10.6 Å². The van der Waals surface area contributed by atoms with Crippen molar-refractivity contribution in [3.05, 3.63) is 187 Å². The molecule has 0 bridgehead atoms. The van der Waals surface area contributed by atoms with E-state index < -0.39 is 0 Å². The number of amidine groups is 1. The Morgan fingerprint density at radius 2 is 1.22 bits per heavy atom. The number of thiophene rings is 1. The zero-order valence-electron chi connectivity index (χ0n) is 27.1. The van der Waals surface area contributed by atoms with Crippen molar-refractivity contribution in [3.8, 4) is 16.8 Å². The molecule has 10 rings (SSSR count). The SMILES string of the molecule is c1ccc(C2=NC(c3cccc(-n4c5ccccc5c5cc(-c6cccc7c6sc6ccccc67)ccc54)c3)NC(c3ccccc3)N2)cc1. The van der Waals surface area contributed by atoms with Crippen LogP contribution in [0, 0.1) is 0 Å². The lowest BCUT2D eigenvalue weighted by molar-refractivity contribution is 0.409. The van der Waals surface area contributed by atoms with E-state index >= 15 is 0 Å². The summed E-state index contributed by atoms with van der Waals surface area (Å²) in [5, 5.41) is 12.6. The molecule has 50 heavy (non-hydrogen) atoms. The Morgan fingerprint density at radius 1 is 0.520 bits per heavy atom. The van der Waals surface area contributed by atoms with Crippen molar-refractivity contribution in [2.75, 3.05) is 0 Å². The molecule has 5 heteroatoms. The largest absolute Gasteiger partial charge is 0.350 e. The van der Waals surface area contributed by atoms with Crippen LogP contribution in [0.5, 0.6) is 0 Å². The first-order valence-corrected chi connectivity index (χ1v) is 17.9. The van der Waals surface area contributed by atoms with E-state index in [0.717, 1.165) is 22.6 Å². The highest BCUT2D eigenvalue weighted by Crippen LogP contribution is 2.42. The van der Waals surface area contributed by atoms with Gasteiger partial charge in [0, 0.05) is 42.2 Å². The van der Waals surface area contributed by atoms with E-state index in [0.29, 0.717) is 0 Å². The van der Waals surface area contributed by atoms with Gasteiger partial charge < -0.3 is 9.88 Å². The maximum Gasteiger partial charge on any atom is 0.131 e. The molecule has 9 aromatic rings. The van der Waals surface area contributed by atoms with Gasteiger partial charge in [-0.25, -0.2) is 4.99 Å². The number of fused-ring (bicyclic) bond motifs is 6. The molecule has 0 spiro atoms. The fraction of sp³-hybridized carbons (Fsp3) is 0.0444. The molecular weight excluding hydrogens is 629 g/mol. The van der Waals surface area contributed by atoms with E-state index in [1.165, 1.54) is 58.7 Å². The van der Waals surface area contributed by atoms with Crippen LogP contribution in [0.2, 0.25) is 0 Å². The van der Waals surface area contributed by atoms with Crippen LogP contribution in [0.1, 0.15) is 29.0 Å². The summed E-state index contributed by atoms with van der Waals surface area (Å²) < 4.78 is 5.06. The molecule has 2 unspecified atom stereocenters. The first-order chi connectivity index (χ1) is 24.8. The van der Waals surface area contributed by atoms with Gasteiger partial charge in [-0.3, -0.25) is 5.32 Å². The van der Waals surface area contributed by atoms with Gasteiger partial charge in [-0.2, -0.15) is 0 Å². The van der Waals surface area contributed by atoms with Gasteiger partial charge in [0.2, 0.25) is 0 Å². The van der Waals surface area contributed by atoms with Gasteiger partial charge in [0.25, 0.3) is 0 Å². The zero-order valence-corrected chi connectivity index (χ0v) is 27.9. The fourth-order valence-corrected chi connectivity index (χ4v) is 8.75. The van der Waals surface area contributed by atoms with Crippen LogP contribution in [0.15, 0.2) is 175 Å². The lowest BCUT2D eigenvalue weighted by Gasteiger charge is -2.32. The standard InChI is InChI=1S/C45H32N4S/c1-3-13-29(14-4-1)43-46-44(30-15-5-2-6-16-30)48-45(47-43)32-17-11-18-33(27-32)49-39-23-9-7-19-35(39)38-28-31(25-26-40(38)49)34-21-12-22-37-36-20-8-10-24-41(36)50-42(34)37/h1-28,43,45,47H,(H,46,48). The van der Waals surface area contributed by atoms with E-state index in [-0.39, 0.29) is 12.3 Å². The first-order valence-electron chi connectivity index (χ1n) is 17.0. The third-order valence-electron chi connectivity index (χ3n) is 9.88. The van der Waals surface area contributed by atoms with Crippen molar-refractivity contribution in [2.45, 2.75) is 12.3 Å². The number of hydrogen-bond acceptors (Lipinski definition) is 4. The summed E-state index contributed by atoms with van der Waals surface area (Å²) in [5.41, 5.74) is 9.34. The second kappa shape index (κ2) is 11.8. The van der Waals surface area contributed by atoms with Gasteiger partial charge in [0.1, 0.15) is 18.2 Å². The topological polar surface area (TPSA) is 41.4 Å². The summed E-state index contributed by atoms with van der Waals surface area (Å²) >= 11 is 1.88. The number of aliphatic imine (C=N–C) groups is 1. The predicted octanol–water partition coefficient (Wildman–Crippen LogP) is 11.2. The molecule has 1 aliphatic heterocycles. The summed E-state index contributed by atoms with van der Waals surface area (Å²) in [5.74, 6) is 0.881. The van der Waals surface area contributed by atoms with Crippen molar-refractivity contribution in [2.24, 2.45) is 4.99 Å². The molecule has 7 aromatic carbocycles. The third-order valence-corrected chi connectivity index (χ3v) is 11.1. The molecule has 0 saturated heterocycles. The summed E-state index contributed by atoms with van der Waals surface area (Å²) in [6.07, 6.45) is -0.326. The van der Waals surface area contributed by atoms with E-state index in [1.54, 1.807) is 0 Å². The fourth-order valence-electron chi connectivity index (χ4n) is 7.52. The summed E-state index contributed by atoms with van der Waals surface area (Å²) in [7, 11) is 0. The molecule has 0 saturated carbocycles. The van der Waals surface area contributed by atoms with Crippen molar-refractivity contribution >= 4 is 59.2 Å². The average Bonchev–Trinajstić information content (AvgIpc) is 3.74. The Balaban J connectivity index is 1.10. The van der Waals surface area contributed by atoms with Crippen molar-refractivity contribution < 1.29 is 0 Å². The maximum atomic E-state index is 5.22. The molecule has 0 aliphatic carbocycles. The minimum atomic E-state index is -0.238. The van der Waals surface area contributed by atoms with Crippen molar-refractivity contribution in [3.63, 3.8) is 0 Å². The van der Waals surface area contributed by atoms with Crippen LogP contribution in [0.25, 0.3) is 58.8 Å². The molecule has 238 valence electrons. The molecule has 2 aromatic heterocycles. The van der Waals surface area contributed by atoms with Gasteiger partial charge in [-0.1, -0.05) is 133 Å². The lowest BCUT2D eigenvalue weighted by atomic mass is 10.0. The normalized spacial score (nSPS) is 16.2. The van der Waals surface area contributed by atoms with Crippen LogP contribution in [-0.4, -0.2) is 10.4 Å². The number of rotatable bonds is 5. The van der Waals surface area contributed by atoms with Gasteiger partial charge in [-0.15, -0.1) is 11.3 Å². The molecule has 0 amide bonds. The maximum absolute atomic E-state index is 5.22. The van der Waals surface area contributed by atoms with Gasteiger partial charge >= 0.3 is 0 Å². The molecule has 4 nitrogen and oxygen atoms in total. The minimum Gasteiger partial charge on any atom is -0.350 e. The monoisotopic (exact) mass is 660 g/mol. The van der Waals surface area contributed by atoms with Gasteiger partial charge in [0.05, 0.1) is 11.0 Å². The van der Waals surface area contributed by atoms with Crippen LogP contribution >= 0.6 is 11.3 Å². The number of nitrogens with one attached hydrogen (secondary N) is 2. The third kappa shape index (κ3) is 4.82. The van der Waals surface area contributed by atoms with Crippen molar-refractivity contribution in [1.82, 2.24) is 15.2 Å². The summed E-state index contributed by atoms with van der Waals surface area (Å²) in [6, 6.07) is 60.9. The molecular formula is C45H32N4S. The van der Waals surface area contributed by atoms with E-state index in [9.17, 15) is 0 Å². The minimum absolute atomic E-state index is 0.0883. The highest BCUT2D eigenvalue weighted by atomic mass is 32.1. The Hall–Kier alpha value is -6.01. The predicted molar refractivity (Wildman–Crippen MR) is 210 cm³/mol. The molecule has 1 aliphatic rings. The lowest BCUT2D eigenvalue weighted by Crippen LogP contribution is -2.44. The molecule has 3 heterocycles. The van der Waals surface area contributed by atoms with E-state index in [2.05, 4.69) is 179 Å². The van der Waals surface area contributed by atoms with E-state index in [1.807, 2.05) is 17.4 Å². The quantitative estimate of drug-likeness (QED) is 0.193. The molecule has 0 radical (unpaired) electrons. The van der Waals surface area contributed by atoms with Crippen LogP contribution in [0.4, 0.5) is 0 Å². The first kappa shape index (κ1) is 29.0. The number of aromatic nitrogens is 1. The Morgan fingerprint density at radius 3 is 2.10 bits per heavy atom. The summed E-state index contributed by atoms with van der Waals surface area (Å²) in [6.45, 7) is 0. The number of hydrogen-bond donors (Lipinski definition) is 2. The number of benzene rings is 7. The Labute approximate surface area is 294 Å². The number of nitrogens with zero attached hydrogens (tertiary/aromatic N) is 2. The van der Waals surface area contributed by atoms with Gasteiger partial charge in [-0.05, 0) is 58.7 Å². The second-order valence-electron chi connectivity index (χ2n) is 12.9. The highest BCUT2D eigenvalue weighted by molar-refractivity contribution is 7.26.